The zero-order valence-electron chi connectivity index (χ0n) is 9.31. The Morgan fingerprint density at radius 1 is 1.60 bits per heavy atom. The molecule has 84 valence electrons. The number of nitrogens with one attached hydrogen (secondary N) is 1. The zero-order valence-corrected chi connectivity index (χ0v) is 9.31. The molecule has 1 aliphatic carbocycles. The van der Waals surface area contributed by atoms with Crippen molar-refractivity contribution in [3.05, 3.63) is 12.2 Å². The van der Waals surface area contributed by atoms with Crippen molar-refractivity contribution in [3.63, 3.8) is 0 Å². The fourth-order valence-corrected chi connectivity index (χ4v) is 1.85. The average molecular weight is 210 g/mol. The van der Waals surface area contributed by atoms with E-state index in [4.69, 9.17) is 4.74 Å². The highest BCUT2D eigenvalue weighted by Gasteiger charge is 2.28. The van der Waals surface area contributed by atoms with Crippen molar-refractivity contribution in [2.75, 3.05) is 7.11 Å². The van der Waals surface area contributed by atoms with E-state index in [1.54, 1.807) is 13.4 Å². The maximum absolute atomic E-state index is 5.23. The quantitative estimate of drug-likeness (QED) is 0.771. The first kappa shape index (κ1) is 10.6. The van der Waals surface area contributed by atoms with Crippen LogP contribution in [0.25, 0.3) is 0 Å². The molecule has 0 aliphatic heterocycles. The molecule has 0 radical (unpaired) electrons. The molecule has 15 heavy (non-hydrogen) atoms. The van der Waals surface area contributed by atoms with Gasteiger partial charge in [-0.2, -0.15) is 5.10 Å². The van der Waals surface area contributed by atoms with E-state index in [1.807, 2.05) is 4.68 Å². The predicted molar refractivity (Wildman–Crippen MR) is 56.4 cm³/mol. The van der Waals surface area contributed by atoms with Gasteiger partial charge in [0.2, 0.25) is 0 Å². The molecule has 0 unspecified atom stereocenters. The van der Waals surface area contributed by atoms with Gasteiger partial charge in [0, 0.05) is 19.7 Å². The van der Waals surface area contributed by atoms with Crippen LogP contribution < -0.4 is 5.32 Å². The summed E-state index contributed by atoms with van der Waals surface area (Å²) in [6, 6.07) is 0.581. The van der Waals surface area contributed by atoms with Crippen molar-refractivity contribution in [3.8, 4) is 0 Å². The minimum absolute atomic E-state index is 0.451. The summed E-state index contributed by atoms with van der Waals surface area (Å²) in [5, 5.41) is 7.59. The van der Waals surface area contributed by atoms with E-state index in [-0.39, 0.29) is 0 Å². The Kier molecular flexibility index (Phi) is 3.33. The van der Waals surface area contributed by atoms with Crippen molar-refractivity contribution < 1.29 is 4.74 Å². The molecule has 1 N–H and O–H groups in total. The third-order valence-electron chi connectivity index (χ3n) is 2.97. The normalized spacial score (nSPS) is 25.2. The smallest absolute Gasteiger partial charge is 0.140 e. The average Bonchev–Trinajstić information content (AvgIpc) is 2.63. The number of nitrogens with zero attached hydrogens (tertiary/aromatic N) is 3. The summed E-state index contributed by atoms with van der Waals surface area (Å²) in [6.07, 6.45) is 4.28. The van der Waals surface area contributed by atoms with Gasteiger partial charge in [0.25, 0.3) is 0 Å². The molecule has 1 aromatic heterocycles. The molecule has 1 heterocycles. The van der Waals surface area contributed by atoms with Crippen LogP contribution in [0.4, 0.5) is 0 Å². The van der Waals surface area contributed by atoms with Crippen molar-refractivity contribution in [2.24, 2.45) is 0 Å². The lowest BCUT2D eigenvalue weighted by atomic mass is 9.89. The Balaban J connectivity index is 1.75. The number of hydrogen-bond acceptors (Lipinski definition) is 4. The fraction of sp³-hybridized carbons (Fsp3) is 0.800. The Morgan fingerprint density at radius 2 is 2.40 bits per heavy atom. The van der Waals surface area contributed by atoms with E-state index in [2.05, 4.69) is 22.3 Å². The van der Waals surface area contributed by atoms with Gasteiger partial charge < -0.3 is 10.1 Å². The van der Waals surface area contributed by atoms with E-state index in [9.17, 15) is 0 Å². The second-order valence-corrected chi connectivity index (χ2v) is 3.90. The molecule has 2 rings (SSSR count). The molecular formula is C10H18N4O. The van der Waals surface area contributed by atoms with Gasteiger partial charge in [0.15, 0.2) is 0 Å². The zero-order chi connectivity index (χ0) is 10.7. The Bertz CT molecular complexity index is 306. The summed E-state index contributed by atoms with van der Waals surface area (Å²) in [7, 11) is 1.77. The van der Waals surface area contributed by atoms with Gasteiger partial charge in [-0.3, -0.25) is 0 Å². The lowest BCUT2D eigenvalue weighted by Gasteiger charge is -2.34. The lowest BCUT2D eigenvalue weighted by molar-refractivity contribution is 0.0167. The second kappa shape index (κ2) is 4.72. The largest absolute Gasteiger partial charge is 0.381 e. The Labute approximate surface area is 89.8 Å². The molecular weight excluding hydrogens is 192 g/mol. The second-order valence-electron chi connectivity index (χ2n) is 3.90. The van der Waals surface area contributed by atoms with Gasteiger partial charge in [-0.1, -0.05) is 0 Å². The van der Waals surface area contributed by atoms with E-state index in [1.165, 1.54) is 0 Å². The van der Waals surface area contributed by atoms with E-state index >= 15 is 0 Å². The third kappa shape index (κ3) is 2.35. The van der Waals surface area contributed by atoms with Crippen molar-refractivity contribution in [1.29, 1.82) is 0 Å². The Morgan fingerprint density at radius 3 is 3.07 bits per heavy atom. The monoisotopic (exact) mass is 210 g/mol. The summed E-state index contributed by atoms with van der Waals surface area (Å²) in [5.74, 6) is 1.01. The van der Waals surface area contributed by atoms with Gasteiger partial charge >= 0.3 is 0 Å². The van der Waals surface area contributed by atoms with Gasteiger partial charge in [0.1, 0.15) is 12.2 Å². The summed E-state index contributed by atoms with van der Waals surface area (Å²) in [5.41, 5.74) is 0. The van der Waals surface area contributed by atoms with Crippen LogP contribution in [0.5, 0.6) is 0 Å². The van der Waals surface area contributed by atoms with Gasteiger partial charge in [-0.25, -0.2) is 9.67 Å². The first-order valence-electron chi connectivity index (χ1n) is 5.46. The van der Waals surface area contributed by atoms with Crippen molar-refractivity contribution >= 4 is 0 Å². The maximum Gasteiger partial charge on any atom is 0.140 e. The third-order valence-corrected chi connectivity index (χ3v) is 2.97. The highest BCUT2D eigenvalue weighted by Crippen LogP contribution is 2.22. The van der Waals surface area contributed by atoms with Crippen LogP contribution in [0.15, 0.2) is 6.33 Å². The molecule has 0 atom stereocenters. The molecule has 5 nitrogen and oxygen atoms in total. The van der Waals surface area contributed by atoms with Crippen LogP contribution >= 0.6 is 0 Å². The molecule has 1 saturated carbocycles. The minimum Gasteiger partial charge on any atom is -0.381 e. The van der Waals surface area contributed by atoms with E-state index in [0.717, 1.165) is 31.8 Å². The molecule has 0 spiro atoms. The molecule has 0 amide bonds. The van der Waals surface area contributed by atoms with Crippen molar-refractivity contribution in [2.45, 2.75) is 45.0 Å². The van der Waals surface area contributed by atoms with Gasteiger partial charge in [-0.05, 0) is 19.8 Å². The molecule has 0 aromatic carbocycles. The molecule has 1 fully saturated rings. The van der Waals surface area contributed by atoms with Gasteiger partial charge in [-0.15, -0.1) is 0 Å². The summed E-state index contributed by atoms with van der Waals surface area (Å²) in [4.78, 5) is 4.21. The molecule has 1 aliphatic rings. The Hall–Kier alpha value is -0.940. The van der Waals surface area contributed by atoms with Gasteiger partial charge in [0.05, 0.1) is 12.6 Å². The minimum atomic E-state index is 0.451. The summed E-state index contributed by atoms with van der Waals surface area (Å²) in [6.45, 7) is 3.75. The first-order chi connectivity index (χ1) is 7.33. The lowest BCUT2D eigenvalue weighted by Crippen LogP contribution is -2.44. The number of methoxy groups -OCH3 is 1. The molecule has 5 heteroatoms. The highest BCUT2D eigenvalue weighted by molar-refractivity contribution is 4.90. The van der Waals surface area contributed by atoms with Crippen LogP contribution in [0, 0.1) is 0 Å². The van der Waals surface area contributed by atoms with Crippen LogP contribution in [0.1, 0.15) is 25.6 Å². The van der Waals surface area contributed by atoms with E-state index in [0.29, 0.717) is 12.1 Å². The topological polar surface area (TPSA) is 52.0 Å². The number of hydrogen-bond donors (Lipinski definition) is 1. The standard InChI is InChI=1S/C10H18N4O/c1-3-14-10(12-7-13-14)6-11-8-4-9(5-8)15-2/h7-9,11H,3-6H2,1-2H3. The summed E-state index contributed by atoms with van der Waals surface area (Å²) >= 11 is 0. The van der Waals surface area contributed by atoms with Crippen LogP contribution in [-0.2, 0) is 17.8 Å². The molecule has 0 bridgehead atoms. The highest BCUT2D eigenvalue weighted by atomic mass is 16.5. The maximum atomic E-state index is 5.23. The number of rotatable bonds is 5. The SMILES string of the molecule is CCn1ncnc1CNC1CC(OC)C1. The first-order valence-corrected chi connectivity index (χ1v) is 5.46. The predicted octanol–water partition coefficient (Wildman–Crippen LogP) is 0.565. The fourth-order valence-electron chi connectivity index (χ4n) is 1.85. The molecule has 1 aromatic rings. The molecule has 0 saturated heterocycles. The van der Waals surface area contributed by atoms with E-state index < -0.39 is 0 Å². The van der Waals surface area contributed by atoms with Crippen molar-refractivity contribution in [1.82, 2.24) is 20.1 Å². The number of ether oxygens (including phenoxy) is 1. The van der Waals surface area contributed by atoms with Crippen LogP contribution in [0.3, 0.4) is 0 Å². The number of aryl methyl sites for hydroxylation is 1. The van der Waals surface area contributed by atoms with Crippen LogP contribution in [-0.4, -0.2) is 34.0 Å². The summed E-state index contributed by atoms with van der Waals surface area (Å²) < 4.78 is 7.14. The van der Waals surface area contributed by atoms with Crippen LogP contribution in [0.2, 0.25) is 0 Å². The number of aromatic nitrogens is 3.